The van der Waals surface area contributed by atoms with Crippen molar-refractivity contribution in [1.29, 1.82) is 0 Å². The lowest BCUT2D eigenvalue weighted by atomic mass is 9.89. The zero-order chi connectivity index (χ0) is 10.0. The number of ether oxygens (including phenoxy) is 1. The predicted octanol–water partition coefficient (Wildman–Crippen LogP) is -0.405. The fraction of sp³-hybridized carbons (Fsp3) is 1.00. The first-order chi connectivity index (χ1) is 6.70. The van der Waals surface area contributed by atoms with Crippen LogP contribution in [0, 0.1) is 0 Å². The van der Waals surface area contributed by atoms with Crippen molar-refractivity contribution in [2.75, 3.05) is 26.3 Å². The molecule has 2 saturated heterocycles. The van der Waals surface area contributed by atoms with Gasteiger partial charge in [-0.05, 0) is 26.2 Å². The normalized spacial score (nSPS) is 41.1. The predicted molar refractivity (Wildman–Crippen MR) is 54.4 cm³/mol. The fourth-order valence-electron chi connectivity index (χ4n) is 2.75. The molecule has 2 heterocycles. The van der Waals surface area contributed by atoms with E-state index in [1.165, 1.54) is 32.4 Å². The number of quaternary nitrogens is 1. The Labute approximate surface area is 86.0 Å². The van der Waals surface area contributed by atoms with E-state index in [4.69, 9.17) is 4.74 Å². The van der Waals surface area contributed by atoms with Crippen LogP contribution in [0.3, 0.4) is 0 Å². The van der Waals surface area contributed by atoms with Crippen LogP contribution in [0.5, 0.6) is 0 Å². The molecule has 3 nitrogen and oxygen atoms in total. The summed E-state index contributed by atoms with van der Waals surface area (Å²) in [4.78, 5) is 1.56. The Morgan fingerprint density at radius 3 is 2.64 bits per heavy atom. The molecule has 2 N–H and O–H groups in total. The molecule has 0 aromatic rings. The van der Waals surface area contributed by atoms with E-state index in [2.05, 4.69) is 0 Å². The number of hydrogen-bond donors (Lipinski definition) is 2. The smallest absolute Gasteiger partial charge is 0.140 e. The van der Waals surface area contributed by atoms with Gasteiger partial charge in [0.15, 0.2) is 0 Å². The van der Waals surface area contributed by atoms with Gasteiger partial charge in [0, 0.05) is 13.0 Å². The summed E-state index contributed by atoms with van der Waals surface area (Å²) in [5.41, 5.74) is -0.509. The van der Waals surface area contributed by atoms with Crippen LogP contribution in [0.15, 0.2) is 0 Å². The summed E-state index contributed by atoms with van der Waals surface area (Å²) in [6, 6.07) is 0.302. The minimum absolute atomic E-state index is 0.302. The van der Waals surface area contributed by atoms with Crippen LogP contribution in [0.4, 0.5) is 0 Å². The van der Waals surface area contributed by atoms with Crippen LogP contribution >= 0.6 is 0 Å². The van der Waals surface area contributed by atoms with Crippen LogP contribution in [0.25, 0.3) is 0 Å². The number of hydrogen-bond acceptors (Lipinski definition) is 2. The maximum Gasteiger partial charge on any atom is 0.140 e. The monoisotopic (exact) mass is 200 g/mol. The van der Waals surface area contributed by atoms with Gasteiger partial charge in [-0.25, -0.2) is 0 Å². The number of aliphatic hydroxyl groups is 1. The number of piperidine rings is 1. The van der Waals surface area contributed by atoms with Crippen LogP contribution in [0.1, 0.15) is 32.6 Å². The molecule has 0 radical (unpaired) electrons. The van der Waals surface area contributed by atoms with Gasteiger partial charge in [-0.3, -0.25) is 0 Å². The highest BCUT2D eigenvalue weighted by Gasteiger charge is 2.42. The molecule has 2 rings (SSSR count). The van der Waals surface area contributed by atoms with Crippen molar-refractivity contribution >= 4 is 0 Å². The van der Waals surface area contributed by atoms with Crippen molar-refractivity contribution in [3.05, 3.63) is 0 Å². The fourth-order valence-corrected chi connectivity index (χ4v) is 2.75. The van der Waals surface area contributed by atoms with E-state index in [1.54, 1.807) is 4.90 Å². The van der Waals surface area contributed by atoms with E-state index in [0.717, 1.165) is 19.6 Å². The largest absolute Gasteiger partial charge is 0.384 e. The molecule has 0 aliphatic carbocycles. The summed E-state index contributed by atoms with van der Waals surface area (Å²) < 4.78 is 5.49. The van der Waals surface area contributed by atoms with Gasteiger partial charge in [-0.2, -0.15) is 0 Å². The summed E-state index contributed by atoms with van der Waals surface area (Å²) in [5, 5.41) is 10.3. The van der Waals surface area contributed by atoms with Gasteiger partial charge in [0.2, 0.25) is 0 Å². The number of rotatable bonds is 1. The molecule has 0 aromatic carbocycles. The van der Waals surface area contributed by atoms with Crippen molar-refractivity contribution < 1.29 is 14.7 Å². The molecule has 2 fully saturated rings. The minimum atomic E-state index is -0.509. The summed E-state index contributed by atoms with van der Waals surface area (Å²) in [7, 11) is 0. The van der Waals surface area contributed by atoms with Gasteiger partial charge < -0.3 is 14.7 Å². The van der Waals surface area contributed by atoms with Crippen molar-refractivity contribution in [2.45, 2.75) is 44.2 Å². The maximum absolute atomic E-state index is 10.3. The highest BCUT2D eigenvalue weighted by molar-refractivity contribution is 4.85. The Bertz CT molecular complexity index is 188. The summed E-state index contributed by atoms with van der Waals surface area (Å²) in [5.74, 6) is 0. The van der Waals surface area contributed by atoms with Gasteiger partial charge >= 0.3 is 0 Å². The Balaban J connectivity index is 1.99. The zero-order valence-electron chi connectivity index (χ0n) is 9.09. The van der Waals surface area contributed by atoms with Gasteiger partial charge in [0.1, 0.15) is 18.2 Å². The quantitative estimate of drug-likeness (QED) is 0.604. The zero-order valence-corrected chi connectivity index (χ0v) is 9.09. The van der Waals surface area contributed by atoms with Gasteiger partial charge in [-0.1, -0.05) is 0 Å². The highest BCUT2D eigenvalue weighted by Crippen LogP contribution is 2.18. The molecule has 0 spiro atoms. The van der Waals surface area contributed by atoms with Crippen molar-refractivity contribution in [2.24, 2.45) is 0 Å². The molecule has 0 bridgehead atoms. The van der Waals surface area contributed by atoms with Crippen LogP contribution in [0.2, 0.25) is 0 Å². The third-order valence-corrected chi connectivity index (χ3v) is 3.78. The molecular formula is C11H22NO2+. The Morgan fingerprint density at radius 1 is 1.29 bits per heavy atom. The van der Waals surface area contributed by atoms with Crippen LogP contribution in [-0.2, 0) is 4.74 Å². The summed E-state index contributed by atoms with van der Waals surface area (Å²) in [6.07, 6.45) is 4.77. The lowest BCUT2D eigenvalue weighted by molar-refractivity contribution is -0.938. The second-order valence-corrected chi connectivity index (χ2v) is 4.95. The molecule has 2 aliphatic heterocycles. The van der Waals surface area contributed by atoms with Crippen LogP contribution in [-0.4, -0.2) is 43.1 Å². The average Bonchev–Trinajstić information content (AvgIpc) is 2.18. The minimum Gasteiger partial charge on any atom is -0.384 e. The molecular weight excluding hydrogens is 178 g/mol. The first-order valence-corrected chi connectivity index (χ1v) is 5.85. The second-order valence-electron chi connectivity index (χ2n) is 4.95. The van der Waals surface area contributed by atoms with E-state index in [-0.39, 0.29) is 0 Å². The Kier molecular flexibility index (Phi) is 3.10. The van der Waals surface area contributed by atoms with Gasteiger partial charge in [0.05, 0.1) is 13.1 Å². The van der Waals surface area contributed by atoms with E-state index in [0.29, 0.717) is 6.04 Å². The molecule has 14 heavy (non-hydrogen) atoms. The molecule has 0 aromatic heterocycles. The molecule has 2 aliphatic rings. The molecule has 0 saturated carbocycles. The van der Waals surface area contributed by atoms with E-state index in [1.807, 2.05) is 6.92 Å². The standard InChI is InChI=1S/C11H21NO2/c1-11(13)5-8-14-9-10(11)12-6-3-2-4-7-12/h10,13H,2-9H2,1H3/p+1/t10-,11+/m0/s1. The maximum atomic E-state index is 10.3. The third kappa shape index (κ3) is 2.10. The second kappa shape index (κ2) is 4.17. The van der Waals surface area contributed by atoms with Crippen molar-refractivity contribution in [1.82, 2.24) is 0 Å². The highest BCUT2D eigenvalue weighted by atomic mass is 16.5. The molecule has 3 heteroatoms. The topological polar surface area (TPSA) is 33.9 Å². The molecule has 0 amide bonds. The molecule has 82 valence electrons. The lowest BCUT2D eigenvalue weighted by Crippen LogP contribution is -3.19. The SMILES string of the molecule is C[C@@]1(O)CCOC[C@@H]1[NH+]1CCCCC1. The summed E-state index contributed by atoms with van der Waals surface area (Å²) in [6.45, 7) is 5.86. The van der Waals surface area contributed by atoms with Crippen LogP contribution < -0.4 is 4.90 Å². The van der Waals surface area contributed by atoms with Gasteiger partial charge in [-0.15, -0.1) is 0 Å². The van der Waals surface area contributed by atoms with E-state index < -0.39 is 5.60 Å². The third-order valence-electron chi connectivity index (χ3n) is 3.78. The summed E-state index contributed by atoms with van der Waals surface area (Å²) >= 11 is 0. The number of likely N-dealkylation sites (tertiary alicyclic amines) is 1. The molecule has 2 atom stereocenters. The van der Waals surface area contributed by atoms with Gasteiger partial charge in [0.25, 0.3) is 0 Å². The average molecular weight is 200 g/mol. The Hall–Kier alpha value is -0.120. The van der Waals surface area contributed by atoms with E-state index in [9.17, 15) is 5.11 Å². The number of nitrogens with one attached hydrogen (secondary N) is 1. The lowest BCUT2D eigenvalue weighted by Gasteiger charge is -2.42. The van der Waals surface area contributed by atoms with Crippen molar-refractivity contribution in [3.8, 4) is 0 Å². The first-order valence-electron chi connectivity index (χ1n) is 5.85. The first kappa shape index (κ1) is 10.4. The van der Waals surface area contributed by atoms with Crippen molar-refractivity contribution in [3.63, 3.8) is 0 Å². The molecule has 0 unspecified atom stereocenters. The Morgan fingerprint density at radius 2 is 2.00 bits per heavy atom. The van der Waals surface area contributed by atoms with E-state index >= 15 is 0 Å².